The van der Waals surface area contributed by atoms with Crippen LogP contribution in [-0.2, 0) is 15.7 Å². The third kappa shape index (κ3) is 3.97. The SMILES string of the molecule is CCOC(=O)C1Sc2nnc(C(F)(F)F)n2NC1c1ccc(OCC)cc1. The number of halogens is 3. The number of fused-ring (bicyclic) bond motifs is 1. The molecule has 7 nitrogen and oxygen atoms in total. The van der Waals surface area contributed by atoms with Crippen molar-refractivity contribution in [1.82, 2.24) is 14.9 Å². The van der Waals surface area contributed by atoms with Gasteiger partial charge in [-0.05, 0) is 31.5 Å². The maximum Gasteiger partial charge on any atom is 0.453 e. The number of thioether (sulfide) groups is 1. The summed E-state index contributed by atoms with van der Waals surface area (Å²) < 4.78 is 50.7. The van der Waals surface area contributed by atoms with Crippen LogP contribution in [0.1, 0.15) is 31.3 Å². The first-order valence-corrected chi connectivity index (χ1v) is 9.08. The van der Waals surface area contributed by atoms with Gasteiger partial charge in [0.2, 0.25) is 5.16 Å². The minimum Gasteiger partial charge on any atom is -0.494 e. The Morgan fingerprint density at radius 2 is 1.93 bits per heavy atom. The van der Waals surface area contributed by atoms with Gasteiger partial charge in [0.15, 0.2) is 0 Å². The van der Waals surface area contributed by atoms with Gasteiger partial charge in [0.05, 0.1) is 19.3 Å². The quantitative estimate of drug-likeness (QED) is 0.771. The highest BCUT2D eigenvalue weighted by atomic mass is 32.2. The summed E-state index contributed by atoms with van der Waals surface area (Å²) in [5, 5.41) is 5.88. The van der Waals surface area contributed by atoms with E-state index in [2.05, 4.69) is 15.6 Å². The smallest absolute Gasteiger partial charge is 0.453 e. The zero-order valence-corrected chi connectivity index (χ0v) is 15.3. The number of hydrogen-bond acceptors (Lipinski definition) is 7. The number of esters is 1. The molecule has 0 aliphatic carbocycles. The van der Waals surface area contributed by atoms with Crippen molar-refractivity contribution in [3.63, 3.8) is 0 Å². The average Bonchev–Trinajstić information content (AvgIpc) is 3.05. The predicted molar refractivity (Wildman–Crippen MR) is 91.0 cm³/mol. The predicted octanol–water partition coefficient (Wildman–Crippen LogP) is 3.02. The normalized spacial score (nSPS) is 19.1. The summed E-state index contributed by atoms with van der Waals surface area (Å²) in [4.78, 5) is 12.4. The fourth-order valence-electron chi connectivity index (χ4n) is 2.63. The van der Waals surface area contributed by atoms with Gasteiger partial charge >= 0.3 is 12.1 Å². The van der Waals surface area contributed by atoms with Crippen LogP contribution in [0.3, 0.4) is 0 Å². The van der Waals surface area contributed by atoms with Gasteiger partial charge in [-0.1, -0.05) is 23.9 Å². The zero-order valence-electron chi connectivity index (χ0n) is 14.5. The molecule has 0 radical (unpaired) electrons. The molecule has 0 spiro atoms. The third-order valence-corrected chi connectivity index (χ3v) is 4.95. The molecule has 0 fully saturated rings. The van der Waals surface area contributed by atoms with Crippen LogP contribution in [0.25, 0.3) is 0 Å². The molecule has 0 saturated heterocycles. The van der Waals surface area contributed by atoms with Crippen molar-refractivity contribution in [2.45, 2.75) is 36.5 Å². The Morgan fingerprint density at radius 1 is 1.22 bits per heavy atom. The highest BCUT2D eigenvalue weighted by molar-refractivity contribution is 8.00. The van der Waals surface area contributed by atoms with E-state index in [4.69, 9.17) is 9.47 Å². The maximum atomic E-state index is 13.2. The summed E-state index contributed by atoms with van der Waals surface area (Å²) in [6, 6.07) is 6.00. The lowest BCUT2D eigenvalue weighted by Crippen LogP contribution is -2.40. The van der Waals surface area contributed by atoms with Crippen LogP contribution in [0.2, 0.25) is 0 Å². The Bertz CT molecular complexity index is 810. The summed E-state index contributed by atoms with van der Waals surface area (Å²) in [7, 11) is 0. The Hall–Kier alpha value is -2.43. The van der Waals surface area contributed by atoms with Gasteiger partial charge in [-0.15, -0.1) is 10.2 Å². The molecular formula is C16H17F3N4O3S. The van der Waals surface area contributed by atoms with E-state index in [-0.39, 0.29) is 11.8 Å². The average molecular weight is 402 g/mol. The molecule has 27 heavy (non-hydrogen) atoms. The highest BCUT2D eigenvalue weighted by Gasteiger charge is 2.44. The topological polar surface area (TPSA) is 78.3 Å². The van der Waals surface area contributed by atoms with E-state index in [0.717, 1.165) is 16.4 Å². The van der Waals surface area contributed by atoms with E-state index in [9.17, 15) is 18.0 Å². The number of hydrogen-bond donors (Lipinski definition) is 1. The molecule has 1 aliphatic heterocycles. The summed E-state index contributed by atoms with van der Waals surface area (Å²) in [6.07, 6.45) is -4.68. The Balaban J connectivity index is 1.97. The minimum absolute atomic E-state index is 0.0532. The van der Waals surface area contributed by atoms with Crippen LogP contribution in [-0.4, -0.2) is 39.3 Å². The number of aromatic nitrogens is 3. The van der Waals surface area contributed by atoms with Crippen LogP contribution >= 0.6 is 11.8 Å². The van der Waals surface area contributed by atoms with Crippen LogP contribution in [0.15, 0.2) is 29.4 Å². The molecule has 2 aromatic rings. The van der Waals surface area contributed by atoms with Crippen LogP contribution in [0.4, 0.5) is 13.2 Å². The molecular weight excluding hydrogens is 385 g/mol. The van der Waals surface area contributed by atoms with Crippen molar-refractivity contribution in [1.29, 1.82) is 0 Å². The van der Waals surface area contributed by atoms with Gasteiger partial charge in [0, 0.05) is 0 Å². The first-order chi connectivity index (χ1) is 12.8. The molecule has 3 rings (SSSR count). The summed E-state index contributed by atoms with van der Waals surface area (Å²) >= 11 is 0.880. The Kier molecular flexibility index (Phi) is 5.49. The van der Waals surface area contributed by atoms with Gasteiger partial charge in [-0.3, -0.25) is 4.79 Å². The largest absolute Gasteiger partial charge is 0.494 e. The number of benzene rings is 1. The molecule has 11 heteroatoms. The van der Waals surface area contributed by atoms with E-state index in [1.807, 2.05) is 6.92 Å². The first kappa shape index (κ1) is 19.3. The lowest BCUT2D eigenvalue weighted by atomic mass is 10.0. The second-order valence-corrected chi connectivity index (χ2v) is 6.65. The molecule has 2 atom stereocenters. The summed E-state index contributed by atoms with van der Waals surface area (Å²) in [6.45, 7) is 4.15. The molecule has 1 aromatic heterocycles. The van der Waals surface area contributed by atoms with E-state index in [1.165, 1.54) is 0 Å². The molecule has 2 heterocycles. The van der Waals surface area contributed by atoms with Crippen molar-refractivity contribution in [2.75, 3.05) is 18.6 Å². The van der Waals surface area contributed by atoms with E-state index >= 15 is 0 Å². The lowest BCUT2D eigenvalue weighted by Gasteiger charge is -2.32. The van der Waals surface area contributed by atoms with Crippen LogP contribution in [0.5, 0.6) is 5.75 Å². The molecule has 146 valence electrons. The monoisotopic (exact) mass is 402 g/mol. The maximum absolute atomic E-state index is 13.2. The number of ether oxygens (including phenoxy) is 2. The van der Waals surface area contributed by atoms with Crippen LogP contribution in [0, 0.1) is 0 Å². The molecule has 1 aliphatic rings. The highest BCUT2D eigenvalue weighted by Crippen LogP contribution is 2.40. The van der Waals surface area contributed by atoms with Crippen molar-refractivity contribution in [3.05, 3.63) is 35.7 Å². The Morgan fingerprint density at radius 3 is 2.52 bits per heavy atom. The second kappa shape index (κ2) is 7.67. The summed E-state index contributed by atoms with van der Waals surface area (Å²) in [5.41, 5.74) is 3.33. The minimum atomic E-state index is -4.68. The van der Waals surface area contributed by atoms with Gasteiger partial charge in [-0.2, -0.15) is 13.2 Å². The third-order valence-electron chi connectivity index (χ3n) is 3.76. The van der Waals surface area contributed by atoms with Gasteiger partial charge < -0.3 is 14.9 Å². The number of rotatable bonds is 5. The molecule has 0 amide bonds. The molecule has 0 saturated carbocycles. The lowest BCUT2D eigenvalue weighted by molar-refractivity contribution is -0.147. The number of carbonyl (C=O) groups excluding carboxylic acids is 1. The molecule has 0 bridgehead atoms. The number of nitrogens with zero attached hydrogens (tertiary/aromatic N) is 3. The Labute approximate surface area is 157 Å². The van der Waals surface area contributed by atoms with E-state index in [1.54, 1.807) is 31.2 Å². The number of carbonyl (C=O) groups is 1. The zero-order chi connectivity index (χ0) is 19.6. The fraction of sp³-hybridized carbons (Fsp3) is 0.438. The number of alkyl halides is 3. The molecule has 2 unspecified atom stereocenters. The van der Waals surface area contributed by atoms with Gasteiger partial charge in [-0.25, -0.2) is 4.68 Å². The molecule has 1 aromatic carbocycles. The summed E-state index contributed by atoms with van der Waals surface area (Å²) in [5.74, 6) is -1.10. The van der Waals surface area contributed by atoms with Crippen molar-refractivity contribution in [3.8, 4) is 5.75 Å². The number of nitrogens with one attached hydrogen (secondary N) is 1. The molecule has 1 N–H and O–H groups in total. The van der Waals surface area contributed by atoms with Gasteiger partial charge in [0.1, 0.15) is 11.0 Å². The fourth-order valence-corrected chi connectivity index (χ4v) is 3.71. The van der Waals surface area contributed by atoms with Crippen molar-refractivity contribution < 1.29 is 27.4 Å². The van der Waals surface area contributed by atoms with Crippen molar-refractivity contribution >= 4 is 17.7 Å². The van der Waals surface area contributed by atoms with Gasteiger partial charge in [0.25, 0.3) is 5.82 Å². The first-order valence-electron chi connectivity index (χ1n) is 8.20. The van der Waals surface area contributed by atoms with Crippen LogP contribution < -0.4 is 10.2 Å². The van der Waals surface area contributed by atoms with E-state index in [0.29, 0.717) is 17.9 Å². The standard InChI is InChI=1S/C16H17F3N4O3S/c1-3-25-10-7-5-9(6-8-10)11-12(13(24)26-4-2)27-15-21-20-14(16(17,18)19)23(15)22-11/h5-8,11-12,22H,3-4H2,1-2H3. The second-order valence-electron chi connectivity index (χ2n) is 5.54. The van der Waals surface area contributed by atoms with E-state index < -0.39 is 29.3 Å². The van der Waals surface area contributed by atoms with Crippen molar-refractivity contribution in [2.24, 2.45) is 0 Å².